The minimum absolute atomic E-state index is 0.197. The van der Waals surface area contributed by atoms with Gasteiger partial charge in [0.15, 0.2) is 0 Å². The van der Waals surface area contributed by atoms with Crippen LogP contribution in [0.4, 0.5) is 14.9 Å². The second-order valence-electron chi connectivity index (χ2n) is 6.60. The summed E-state index contributed by atoms with van der Waals surface area (Å²) in [5, 5.41) is 5.81. The molecule has 7 heteroatoms. The van der Waals surface area contributed by atoms with E-state index >= 15 is 0 Å². The number of rotatable bonds is 6. The Kier molecular flexibility index (Phi) is 6.55. The number of amides is 2. The van der Waals surface area contributed by atoms with Gasteiger partial charge in [-0.15, -0.1) is 0 Å². The van der Waals surface area contributed by atoms with Crippen LogP contribution in [0.15, 0.2) is 46.9 Å². The lowest BCUT2D eigenvalue weighted by Gasteiger charge is -2.19. The number of nitrogens with zero attached hydrogens (tertiary/aromatic N) is 1. The van der Waals surface area contributed by atoms with Crippen LogP contribution < -0.4 is 20.3 Å². The molecule has 0 radical (unpaired) electrons. The van der Waals surface area contributed by atoms with E-state index in [-0.39, 0.29) is 11.8 Å². The normalized spacial score (nSPS) is 16.3. The van der Waals surface area contributed by atoms with Crippen molar-refractivity contribution in [3.63, 3.8) is 0 Å². The van der Waals surface area contributed by atoms with Crippen LogP contribution in [-0.4, -0.2) is 32.8 Å². The fraction of sp³-hybridized carbons (Fsp3) is 0.350. The molecule has 1 saturated heterocycles. The molecule has 0 spiro atoms. The van der Waals surface area contributed by atoms with E-state index < -0.39 is 0 Å². The molecule has 1 atom stereocenters. The standard InChI is InChI=1S/C20H23BrFN3O2/c1-27-19-7-2-16(21)10-15(19)12-24-20(26)23-11-14-8-9-25(13-14)18-5-3-17(22)4-6-18/h2-7,10,14H,8-9,11-13H2,1H3,(H2,23,24,26). The van der Waals surface area contributed by atoms with Gasteiger partial charge in [0, 0.05) is 41.9 Å². The largest absolute Gasteiger partial charge is 0.496 e. The second kappa shape index (κ2) is 9.08. The fourth-order valence-corrected chi connectivity index (χ4v) is 3.65. The average Bonchev–Trinajstić information content (AvgIpc) is 3.14. The maximum Gasteiger partial charge on any atom is 0.315 e. The van der Waals surface area contributed by atoms with Crippen LogP contribution in [0, 0.1) is 11.7 Å². The Morgan fingerprint density at radius 3 is 2.78 bits per heavy atom. The lowest BCUT2D eigenvalue weighted by molar-refractivity contribution is 0.238. The van der Waals surface area contributed by atoms with Gasteiger partial charge < -0.3 is 20.3 Å². The molecule has 2 aromatic rings. The number of hydrogen-bond donors (Lipinski definition) is 2. The molecule has 27 heavy (non-hydrogen) atoms. The molecule has 0 aromatic heterocycles. The molecule has 1 aliphatic rings. The summed E-state index contributed by atoms with van der Waals surface area (Å²) in [6, 6.07) is 12.0. The Labute approximate surface area is 167 Å². The van der Waals surface area contributed by atoms with E-state index in [1.54, 1.807) is 19.2 Å². The summed E-state index contributed by atoms with van der Waals surface area (Å²) in [6.07, 6.45) is 0.997. The Balaban J connectivity index is 1.43. The molecule has 2 N–H and O–H groups in total. The highest BCUT2D eigenvalue weighted by Crippen LogP contribution is 2.24. The summed E-state index contributed by atoms with van der Waals surface area (Å²) in [7, 11) is 1.61. The number of ether oxygens (including phenoxy) is 1. The number of benzene rings is 2. The molecule has 144 valence electrons. The van der Waals surface area contributed by atoms with Crippen molar-refractivity contribution in [1.82, 2.24) is 10.6 Å². The highest BCUT2D eigenvalue weighted by molar-refractivity contribution is 9.10. The summed E-state index contributed by atoms with van der Waals surface area (Å²) < 4.78 is 19.3. The zero-order valence-electron chi connectivity index (χ0n) is 15.2. The van der Waals surface area contributed by atoms with Gasteiger partial charge >= 0.3 is 6.03 Å². The van der Waals surface area contributed by atoms with Crippen LogP contribution in [0.3, 0.4) is 0 Å². The summed E-state index contributed by atoms with van der Waals surface area (Å²) in [5.41, 5.74) is 1.93. The predicted molar refractivity (Wildman–Crippen MR) is 108 cm³/mol. The van der Waals surface area contributed by atoms with E-state index in [0.29, 0.717) is 19.0 Å². The molecule has 2 amide bonds. The molecule has 5 nitrogen and oxygen atoms in total. The summed E-state index contributed by atoms with van der Waals surface area (Å²) in [6.45, 7) is 2.76. The van der Waals surface area contributed by atoms with Crippen molar-refractivity contribution in [3.05, 3.63) is 58.3 Å². The second-order valence-corrected chi connectivity index (χ2v) is 7.51. The fourth-order valence-electron chi connectivity index (χ4n) is 3.25. The van der Waals surface area contributed by atoms with E-state index in [1.807, 2.05) is 18.2 Å². The number of halogens is 2. The molecule has 3 rings (SSSR count). The van der Waals surface area contributed by atoms with Gasteiger partial charge in [-0.3, -0.25) is 0 Å². The number of anilines is 1. The predicted octanol–water partition coefficient (Wildman–Crippen LogP) is 3.92. The summed E-state index contributed by atoms with van der Waals surface area (Å²) in [5.74, 6) is 0.889. The van der Waals surface area contributed by atoms with Gasteiger partial charge in [0.1, 0.15) is 11.6 Å². The first kappa shape index (κ1) is 19.5. The smallest absolute Gasteiger partial charge is 0.315 e. The number of urea groups is 1. The monoisotopic (exact) mass is 435 g/mol. The minimum Gasteiger partial charge on any atom is -0.496 e. The van der Waals surface area contributed by atoms with Crippen LogP contribution in [0.25, 0.3) is 0 Å². The van der Waals surface area contributed by atoms with E-state index in [9.17, 15) is 9.18 Å². The number of nitrogens with one attached hydrogen (secondary N) is 2. The summed E-state index contributed by atoms with van der Waals surface area (Å²) >= 11 is 3.43. The van der Waals surface area contributed by atoms with Gasteiger partial charge in [0.05, 0.1) is 7.11 Å². The topological polar surface area (TPSA) is 53.6 Å². The quantitative estimate of drug-likeness (QED) is 0.722. The zero-order valence-corrected chi connectivity index (χ0v) is 16.8. The summed E-state index contributed by atoms with van der Waals surface area (Å²) in [4.78, 5) is 14.3. The zero-order chi connectivity index (χ0) is 19.2. The van der Waals surface area contributed by atoms with Crippen LogP contribution in [0.5, 0.6) is 5.75 Å². The number of methoxy groups -OCH3 is 1. The van der Waals surface area contributed by atoms with E-state index in [1.165, 1.54) is 12.1 Å². The van der Waals surface area contributed by atoms with E-state index in [2.05, 4.69) is 31.5 Å². The Bertz CT molecular complexity index is 785. The third-order valence-corrected chi connectivity index (χ3v) is 5.20. The molecule has 0 saturated carbocycles. The van der Waals surface area contributed by atoms with Crippen molar-refractivity contribution in [2.24, 2.45) is 5.92 Å². The number of hydrogen-bond acceptors (Lipinski definition) is 3. The third-order valence-electron chi connectivity index (χ3n) is 4.71. The molecular formula is C20H23BrFN3O2. The highest BCUT2D eigenvalue weighted by Gasteiger charge is 2.23. The lowest BCUT2D eigenvalue weighted by Crippen LogP contribution is -2.38. The van der Waals surface area contributed by atoms with E-state index in [4.69, 9.17) is 4.74 Å². The van der Waals surface area contributed by atoms with Gasteiger partial charge in [-0.1, -0.05) is 15.9 Å². The molecule has 0 aliphatic carbocycles. The molecule has 1 aliphatic heterocycles. The molecule has 0 bridgehead atoms. The van der Waals surface area contributed by atoms with Gasteiger partial charge in [-0.25, -0.2) is 9.18 Å². The van der Waals surface area contributed by atoms with Gasteiger partial charge in [-0.05, 0) is 54.8 Å². The molecule has 1 unspecified atom stereocenters. The molecule has 1 heterocycles. The highest BCUT2D eigenvalue weighted by atomic mass is 79.9. The van der Waals surface area contributed by atoms with Crippen LogP contribution in [-0.2, 0) is 6.54 Å². The van der Waals surface area contributed by atoms with Crippen molar-refractivity contribution in [2.45, 2.75) is 13.0 Å². The SMILES string of the molecule is COc1ccc(Br)cc1CNC(=O)NCC1CCN(c2ccc(F)cc2)C1. The first-order valence-corrected chi connectivity index (χ1v) is 9.69. The lowest BCUT2D eigenvalue weighted by atomic mass is 10.1. The van der Waals surface area contributed by atoms with Crippen molar-refractivity contribution < 1.29 is 13.9 Å². The molecule has 1 fully saturated rings. The third kappa shape index (κ3) is 5.35. The Morgan fingerprint density at radius 2 is 2.04 bits per heavy atom. The minimum atomic E-state index is -0.227. The van der Waals surface area contributed by atoms with Crippen molar-refractivity contribution in [2.75, 3.05) is 31.6 Å². The maximum atomic E-state index is 13.0. The van der Waals surface area contributed by atoms with Crippen molar-refractivity contribution in [3.8, 4) is 5.75 Å². The Morgan fingerprint density at radius 1 is 1.26 bits per heavy atom. The van der Waals surface area contributed by atoms with Crippen molar-refractivity contribution >= 4 is 27.6 Å². The van der Waals surface area contributed by atoms with E-state index in [0.717, 1.165) is 41.0 Å². The van der Waals surface area contributed by atoms with Gasteiger partial charge in [0.2, 0.25) is 0 Å². The van der Waals surface area contributed by atoms with Gasteiger partial charge in [-0.2, -0.15) is 0 Å². The van der Waals surface area contributed by atoms with Crippen LogP contribution >= 0.6 is 15.9 Å². The number of carbonyl (C=O) groups excluding carboxylic acids is 1. The molecular weight excluding hydrogens is 413 g/mol. The van der Waals surface area contributed by atoms with Crippen LogP contribution in [0.1, 0.15) is 12.0 Å². The maximum absolute atomic E-state index is 13.0. The first-order chi connectivity index (χ1) is 13.0. The molecule has 2 aromatic carbocycles. The number of carbonyl (C=O) groups is 1. The van der Waals surface area contributed by atoms with Crippen molar-refractivity contribution in [1.29, 1.82) is 0 Å². The average molecular weight is 436 g/mol. The Hall–Kier alpha value is -2.28. The van der Waals surface area contributed by atoms with Crippen LogP contribution in [0.2, 0.25) is 0 Å². The first-order valence-electron chi connectivity index (χ1n) is 8.90. The van der Waals surface area contributed by atoms with Gasteiger partial charge in [0.25, 0.3) is 0 Å².